The first-order valence-electron chi connectivity index (χ1n) is 9.01. The normalized spacial score (nSPS) is 16.5. The summed E-state index contributed by atoms with van der Waals surface area (Å²) >= 11 is 3.19. The Morgan fingerprint density at radius 2 is 2.00 bits per heavy atom. The van der Waals surface area contributed by atoms with Crippen molar-refractivity contribution in [2.75, 3.05) is 0 Å². The van der Waals surface area contributed by atoms with Crippen LogP contribution in [0.25, 0.3) is 0 Å². The molecular weight excluding hydrogens is 414 g/mol. The summed E-state index contributed by atoms with van der Waals surface area (Å²) in [5.74, 6) is -0.187. The van der Waals surface area contributed by atoms with Crippen LogP contribution in [0.4, 0.5) is 5.82 Å². The van der Waals surface area contributed by atoms with Crippen molar-refractivity contribution < 1.29 is 9.72 Å². The lowest BCUT2D eigenvalue weighted by Crippen LogP contribution is -2.28. The number of benzene rings is 1. The van der Waals surface area contributed by atoms with Gasteiger partial charge in [0.2, 0.25) is 0 Å². The van der Waals surface area contributed by atoms with E-state index in [4.69, 9.17) is 0 Å². The number of nitrogens with zero attached hydrogens (tertiary/aromatic N) is 4. The van der Waals surface area contributed by atoms with E-state index in [1.165, 1.54) is 0 Å². The second-order valence-corrected chi connectivity index (χ2v) is 8.02. The van der Waals surface area contributed by atoms with Gasteiger partial charge >= 0.3 is 5.82 Å². The summed E-state index contributed by atoms with van der Waals surface area (Å²) in [5, 5.41) is 18.0. The molecule has 8 nitrogen and oxygen atoms in total. The Labute approximate surface area is 164 Å². The van der Waals surface area contributed by atoms with Crippen molar-refractivity contribution in [3.8, 4) is 0 Å². The van der Waals surface area contributed by atoms with Gasteiger partial charge in [0.25, 0.3) is 5.91 Å². The molecule has 0 aliphatic heterocycles. The number of amides is 1. The number of rotatable bonds is 8. The molecule has 2 aliphatic rings. The maximum atomic E-state index is 12.1. The van der Waals surface area contributed by atoms with E-state index in [2.05, 4.69) is 31.2 Å². The molecule has 4 rings (SSSR count). The molecule has 1 aromatic carbocycles. The van der Waals surface area contributed by atoms with Crippen LogP contribution in [0.2, 0.25) is 0 Å². The SMILES string of the molecule is O=C(NC1CC1)c1ccc(CN(Cn2cc(Br)c([N+](=O)[O-])n2)C2CC2)cc1. The van der Waals surface area contributed by atoms with E-state index in [9.17, 15) is 14.9 Å². The second kappa shape index (κ2) is 7.40. The van der Waals surface area contributed by atoms with Crippen LogP contribution in [0.1, 0.15) is 41.6 Å². The Morgan fingerprint density at radius 1 is 1.30 bits per heavy atom. The standard InChI is InChI=1S/C18H20BrN5O3/c19-16-10-23(21-17(16)24(26)27)11-22(15-7-8-15)9-12-1-3-13(4-2-12)18(25)20-14-5-6-14/h1-4,10,14-15H,5-9,11H2,(H,20,25). The predicted molar refractivity (Wildman–Crippen MR) is 102 cm³/mol. The highest BCUT2D eigenvalue weighted by Crippen LogP contribution is 2.30. The molecule has 2 saturated carbocycles. The van der Waals surface area contributed by atoms with E-state index in [0.717, 1.165) is 31.2 Å². The van der Waals surface area contributed by atoms with Crippen LogP contribution in [0.3, 0.4) is 0 Å². The summed E-state index contributed by atoms with van der Waals surface area (Å²) in [6.45, 7) is 1.20. The zero-order chi connectivity index (χ0) is 19.0. The molecule has 0 unspecified atom stereocenters. The van der Waals surface area contributed by atoms with Crippen LogP contribution in [-0.4, -0.2) is 37.6 Å². The Morgan fingerprint density at radius 3 is 2.56 bits per heavy atom. The Bertz CT molecular complexity index is 858. The average Bonchev–Trinajstić information content (AvgIpc) is 3.54. The molecule has 1 aromatic heterocycles. The van der Waals surface area contributed by atoms with E-state index in [-0.39, 0.29) is 11.7 Å². The zero-order valence-electron chi connectivity index (χ0n) is 14.7. The molecule has 1 N–H and O–H groups in total. The maximum Gasteiger partial charge on any atom is 0.404 e. The van der Waals surface area contributed by atoms with E-state index < -0.39 is 4.92 Å². The highest BCUT2D eigenvalue weighted by atomic mass is 79.9. The van der Waals surface area contributed by atoms with Crippen molar-refractivity contribution in [1.82, 2.24) is 20.0 Å². The number of aromatic nitrogens is 2. The van der Waals surface area contributed by atoms with Crippen LogP contribution < -0.4 is 5.32 Å². The quantitative estimate of drug-likeness (QED) is 0.509. The molecule has 2 aliphatic carbocycles. The van der Waals surface area contributed by atoms with Crippen molar-refractivity contribution >= 4 is 27.7 Å². The van der Waals surface area contributed by atoms with Crippen LogP contribution in [-0.2, 0) is 13.2 Å². The lowest BCUT2D eigenvalue weighted by molar-refractivity contribution is -0.390. The fraction of sp³-hybridized carbons (Fsp3) is 0.444. The van der Waals surface area contributed by atoms with E-state index in [1.54, 1.807) is 10.9 Å². The Kier molecular flexibility index (Phi) is 4.96. The number of nitrogens with one attached hydrogen (secondary N) is 1. The lowest BCUT2D eigenvalue weighted by Gasteiger charge is -2.20. The molecule has 1 heterocycles. The van der Waals surface area contributed by atoms with Gasteiger partial charge in [0.05, 0.1) is 11.3 Å². The van der Waals surface area contributed by atoms with E-state index >= 15 is 0 Å². The van der Waals surface area contributed by atoms with Gasteiger partial charge in [-0.2, -0.15) is 4.68 Å². The molecule has 0 spiro atoms. The summed E-state index contributed by atoms with van der Waals surface area (Å²) in [5.41, 5.74) is 1.78. The summed E-state index contributed by atoms with van der Waals surface area (Å²) in [4.78, 5) is 24.8. The molecule has 0 saturated heterocycles. The third kappa shape index (κ3) is 4.54. The van der Waals surface area contributed by atoms with Gasteiger partial charge in [-0.05, 0) is 64.2 Å². The predicted octanol–water partition coefficient (Wildman–Crippen LogP) is 3.07. The highest BCUT2D eigenvalue weighted by Gasteiger charge is 2.31. The average molecular weight is 434 g/mol. The number of carbonyl (C=O) groups is 1. The topological polar surface area (TPSA) is 93.3 Å². The fourth-order valence-corrected chi connectivity index (χ4v) is 3.46. The Balaban J connectivity index is 1.41. The van der Waals surface area contributed by atoms with E-state index in [0.29, 0.717) is 35.3 Å². The third-order valence-corrected chi connectivity index (χ3v) is 5.34. The van der Waals surface area contributed by atoms with Crippen molar-refractivity contribution in [2.45, 2.75) is 51.0 Å². The molecule has 1 amide bonds. The number of nitro groups is 1. The minimum Gasteiger partial charge on any atom is -0.358 e. The van der Waals surface area contributed by atoms with Crippen molar-refractivity contribution in [3.63, 3.8) is 0 Å². The molecule has 2 aromatic rings. The molecular formula is C18H20BrN5O3. The maximum absolute atomic E-state index is 12.1. The van der Waals surface area contributed by atoms with Crippen molar-refractivity contribution in [3.05, 3.63) is 56.2 Å². The number of hydrogen-bond donors (Lipinski definition) is 1. The molecule has 0 atom stereocenters. The van der Waals surface area contributed by atoms with Gasteiger partial charge in [0, 0.05) is 24.2 Å². The lowest BCUT2D eigenvalue weighted by atomic mass is 10.1. The van der Waals surface area contributed by atoms with Crippen LogP contribution in [0.5, 0.6) is 0 Å². The fourth-order valence-electron chi connectivity index (χ4n) is 3.00. The van der Waals surface area contributed by atoms with Gasteiger partial charge in [-0.1, -0.05) is 12.1 Å². The first kappa shape index (κ1) is 18.1. The minimum absolute atomic E-state index is 0.0169. The van der Waals surface area contributed by atoms with Crippen LogP contribution >= 0.6 is 15.9 Å². The van der Waals surface area contributed by atoms with Crippen LogP contribution in [0, 0.1) is 10.1 Å². The largest absolute Gasteiger partial charge is 0.404 e. The van der Waals surface area contributed by atoms with Crippen molar-refractivity contribution in [2.24, 2.45) is 0 Å². The smallest absolute Gasteiger partial charge is 0.358 e. The first-order chi connectivity index (χ1) is 13.0. The number of carbonyl (C=O) groups excluding carboxylic acids is 1. The first-order valence-corrected chi connectivity index (χ1v) is 9.80. The van der Waals surface area contributed by atoms with Gasteiger partial charge in [-0.15, -0.1) is 0 Å². The highest BCUT2D eigenvalue weighted by molar-refractivity contribution is 9.10. The summed E-state index contributed by atoms with van der Waals surface area (Å²) in [6, 6.07) is 8.46. The molecule has 0 radical (unpaired) electrons. The van der Waals surface area contributed by atoms with Gasteiger partial charge in [0.15, 0.2) is 0 Å². The summed E-state index contributed by atoms with van der Waals surface area (Å²) in [6.07, 6.45) is 6.02. The second-order valence-electron chi connectivity index (χ2n) is 7.16. The molecule has 27 heavy (non-hydrogen) atoms. The van der Waals surface area contributed by atoms with Gasteiger partial charge in [0.1, 0.15) is 11.1 Å². The minimum atomic E-state index is -0.493. The molecule has 9 heteroatoms. The molecule has 0 bridgehead atoms. The van der Waals surface area contributed by atoms with Gasteiger partial charge in [-0.3, -0.25) is 9.69 Å². The number of halogens is 1. The molecule has 2 fully saturated rings. The van der Waals surface area contributed by atoms with Gasteiger partial charge < -0.3 is 15.4 Å². The summed E-state index contributed by atoms with van der Waals surface area (Å²) in [7, 11) is 0. The van der Waals surface area contributed by atoms with Crippen molar-refractivity contribution in [1.29, 1.82) is 0 Å². The van der Waals surface area contributed by atoms with E-state index in [1.807, 2.05) is 24.3 Å². The monoisotopic (exact) mass is 433 g/mol. The Hall–Kier alpha value is -2.26. The number of hydrogen-bond acceptors (Lipinski definition) is 5. The zero-order valence-corrected chi connectivity index (χ0v) is 16.3. The third-order valence-electron chi connectivity index (χ3n) is 4.78. The van der Waals surface area contributed by atoms with Gasteiger partial charge in [-0.25, -0.2) is 0 Å². The molecule has 142 valence electrons. The summed E-state index contributed by atoms with van der Waals surface area (Å²) < 4.78 is 1.98. The van der Waals surface area contributed by atoms with Crippen LogP contribution in [0.15, 0.2) is 34.9 Å².